The van der Waals surface area contributed by atoms with Gasteiger partial charge in [-0.3, -0.25) is 4.79 Å². The Hall–Kier alpha value is -1.06. The molecule has 1 aromatic carbocycles. The molecule has 4 heteroatoms. The van der Waals surface area contributed by atoms with Gasteiger partial charge in [-0.15, -0.1) is 12.4 Å². The standard InChI is InChI=1S/C16H26N2O.ClH/c1-4-16(5-2,6-3)12-18-15(19)14-9-7-13(11-17)8-10-14;/h7-10H,4-6,11-12,17H2,1-3H3,(H,18,19);1H. The van der Waals surface area contributed by atoms with Crippen LogP contribution >= 0.6 is 12.4 Å². The number of hydrogen-bond acceptors (Lipinski definition) is 2. The molecular weight excluding hydrogens is 272 g/mol. The lowest BCUT2D eigenvalue weighted by Gasteiger charge is -2.30. The summed E-state index contributed by atoms with van der Waals surface area (Å²) in [6, 6.07) is 7.48. The van der Waals surface area contributed by atoms with E-state index >= 15 is 0 Å². The van der Waals surface area contributed by atoms with Gasteiger partial charge in [0.2, 0.25) is 0 Å². The maximum Gasteiger partial charge on any atom is 0.251 e. The first-order valence-electron chi connectivity index (χ1n) is 7.18. The van der Waals surface area contributed by atoms with E-state index in [1.54, 1.807) is 0 Å². The van der Waals surface area contributed by atoms with Crippen molar-refractivity contribution in [3.8, 4) is 0 Å². The van der Waals surface area contributed by atoms with Crippen LogP contribution in [0.2, 0.25) is 0 Å². The van der Waals surface area contributed by atoms with E-state index in [1.807, 2.05) is 24.3 Å². The van der Waals surface area contributed by atoms with Gasteiger partial charge in [0.25, 0.3) is 5.91 Å². The van der Waals surface area contributed by atoms with Crippen molar-refractivity contribution in [3.05, 3.63) is 35.4 Å². The fourth-order valence-corrected chi connectivity index (χ4v) is 2.29. The van der Waals surface area contributed by atoms with Crippen LogP contribution in [0, 0.1) is 5.41 Å². The summed E-state index contributed by atoms with van der Waals surface area (Å²) in [6.07, 6.45) is 3.27. The molecule has 0 aromatic heterocycles. The molecule has 3 N–H and O–H groups in total. The second-order valence-electron chi connectivity index (χ2n) is 5.14. The van der Waals surface area contributed by atoms with Crippen LogP contribution in [0.5, 0.6) is 0 Å². The van der Waals surface area contributed by atoms with E-state index in [9.17, 15) is 4.79 Å². The van der Waals surface area contributed by atoms with Crippen molar-refractivity contribution < 1.29 is 4.79 Å². The lowest BCUT2D eigenvalue weighted by Crippen LogP contribution is -2.36. The van der Waals surface area contributed by atoms with E-state index < -0.39 is 0 Å². The Labute approximate surface area is 128 Å². The minimum atomic E-state index is 0. The first-order chi connectivity index (χ1) is 9.10. The molecule has 20 heavy (non-hydrogen) atoms. The van der Waals surface area contributed by atoms with Gasteiger partial charge in [-0.2, -0.15) is 0 Å². The molecule has 0 aliphatic rings. The van der Waals surface area contributed by atoms with Crippen LogP contribution < -0.4 is 11.1 Å². The molecule has 0 fully saturated rings. The van der Waals surface area contributed by atoms with E-state index in [0.29, 0.717) is 12.1 Å². The van der Waals surface area contributed by atoms with E-state index in [4.69, 9.17) is 5.73 Å². The molecule has 1 aromatic rings. The summed E-state index contributed by atoms with van der Waals surface area (Å²) in [4.78, 5) is 12.1. The van der Waals surface area contributed by atoms with Crippen molar-refractivity contribution in [2.24, 2.45) is 11.1 Å². The first-order valence-corrected chi connectivity index (χ1v) is 7.18. The molecule has 3 nitrogen and oxygen atoms in total. The summed E-state index contributed by atoms with van der Waals surface area (Å²) in [7, 11) is 0. The molecule has 0 saturated heterocycles. The van der Waals surface area contributed by atoms with E-state index in [-0.39, 0.29) is 23.7 Å². The minimum absolute atomic E-state index is 0. The van der Waals surface area contributed by atoms with Crippen molar-refractivity contribution in [1.29, 1.82) is 0 Å². The average molecular weight is 299 g/mol. The van der Waals surface area contributed by atoms with Gasteiger partial charge in [-0.05, 0) is 42.4 Å². The number of nitrogens with two attached hydrogens (primary N) is 1. The van der Waals surface area contributed by atoms with Crippen LogP contribution in [-0.4, -0.2) is 12.5 Å². The topological polar surface area (TPSA) is 55.1 Å². The predicted octanol–water partition coefficient (Wildman–Crippen LogP) is 3.51. The maximum absolute atomic E-state index is 12.1. The summed E-state index contributed by atoms with van der Waals surface area (Å²) in [6.45, 7) is 7.82. The van der Waals surface area contributed by atoms with E-state index in [1.165, 1.54) is 0 Å². The highest BCUT2D eigenvalue weighted by Gasteiger charge is 2.24. The normalized spacial score (nSPS) is 10.8. The van der Waals surface area contributed by atoms with Crippen molar-refractivity contribution in [1.82, 2.24) is 5.32 Å². The van der Waals surface area contributed by atoms with Gasteiger partial charge in [0, 0.05) is 18.7 Å². The second kappa shape index (κ2) is 8.98. The van der Waals surface area contributed by atoms with Gasteiger partial charge in [-0.1, -0.05) is 32.9 Å². The third kappa shape index (κ3) is 4.80. The van der Waals surface area contributed by atoms with E-state index in [2.05, 4.69) is 26.1 Å². The fraction of sp³-hybridized carbons (Fsp3) is 0.562. The lowest BCUT2D eigenvalue weighted by atomic mass is 9.80. The van der Waals surface area contributed by atoms with Gasteiger partial charge in [0.05, 0.1) is 0 Å². The number of nitrogens with one attached hydrogen (secondary N) is 1. The van der Waals surface area contributed by atoms with Crippen LogP contribution in [0.25, 0.3) is 0 Å². The van der Waals surface area contributed by atoms with Gasteiger partial charge in [0.15, 0.2) is 0 Å². The van der Waals surface area contributed by atoms with Gasteiger partial charge in [-0.25, -0.2) is 0 Å². The van der Waals surface area contributed by atoms with Crippen molar-refractivity contribution >= 4 is 18.3 Å². The zero-order valence-electron chi connectivity index (χ0n) is 12.7. The van der Waals surface area contributed by atoms with Crippen molar-refractivity contribution in [3.63, 3.8) is 0 Å². The molecule has 0 saturated carbocycles. The summed E-state index contributed by atoms with van der Waals surface area (Å²) >= 11 is 0. The van der Waals surface area contributed by atoms with Crippen molar-refractivity contribution in [2.75, 3.05) is 6.54 Å². The molecule has 0 heterocycles. The average Bonchev–Trinajstić information content (AvgIpc) is 2.49. The molecule has 1 rings (SSSR count). The summed E-state index contributed by atoms with van der Waals surface area (Å²) in [5.41, 5.74) is 7.52. The Balaban J connectivity index is 0.00000361. The first kappa shape index (κ1) is 18.9. The molecule has 1 amide bonds. The Kier molecular flexibility index (Phi) is 8.51. The third-order valence-electron chi connectivity index (χ3n) is 4.33. The summed E-state index contributed by atoms with van der Waals surface area (Å²) < 4.78 is 0. The highest BCUT2D eigenvalue weighted by molar-refractivity contribution is 5.94. The largest absolute Gasteiger partial charge is 0.351 e. The number of benzene rings is 1. The Bertz CT molecular complexity index is 391. The SMILES string of the molecule is CCC(CC)(CC)CNC(=O)c1ccc(CN)cc1.Cl. The molecule has 0 bridgehead atoms. The highest BCUT2D eigenvalue weighted by atomic mass is 35.5. The molecular formula is C16H27ClN2O. The molecule has 0 aliphatic heterocycles. The maximum atomic E-state index is 12.1. The zero-order chi connectivity index (χ0) is 14.3. The minimum Gasteiger partial charge on any atom is -0.351 e. The molecule has 0 unspecified atom stereocenters. The Morgan fingerprint density at radius 3 is 2.00 bits per heavy atom. The van der Waals surface area contributed by atoms with Gasteiger partial charge in [0.1, 0.15) is 0 Å². The fourth-order valence-electron chi connectivity index (χ4n) is 2.29. The smallest absolute Gasteiger partial charge is 0.251 e. The molecule has 0 atom stereocenters. The number of hydrogen-bond donors (Lipinski definition) is 2. The van der Waals surface area contributed by atoms with Crippen LogP contribution in [-0.2, 0) is 6.54 Å². The summed E-state index contributed by atoms with van der Waals surface area (Å²) in [5.74, 6) is 0.00305. The molecule has 0 aliphatic carbocycles. The number of carbonyl (C=O) groups excluding carboxylic acids is 1. The van der Waals surface area contributed by atoms with Crippen LogP contribution in [0.15, 0.2) is 24.3 Å². The predicted molar refractivity (Wildman–Crippen MR) is 87.2 cm³/mol. The third-order valence-corrected chi connectivity index (χ3v) is 4.33. The molecule has 0 spiro atoms. The lowest BCUT2D eigenvalue weighted by molar-refractivity contribution is 0.0923. The quantitative estimate of drug-likeness (QED) is 0.809. The van der Waals surface area contributed by atoms with Crippen molar-refractivity contribution in [2.45, 2.75) is 46.6 Å². The van der Waals surface area contributed by atoms with Crippen LogP contribution in [0.1, 0.15) is 56.0 Å². The second-order valence-corrected chi connectivity index (χ2v) is 5.14. The van der Waals surface area contributed by atoms with Crippen LogP contribution in [0.4, 0.5) is 0 Å². The van der Waals surface area contributed by atoms with Crippen LogP contribution in [0.3, 0.4) is 0 Å². The monoisotopic (exact) mass is 298 g/mol. The van der Waals surface area contributed by atoms with E-state index in [0.717, 1.165) is 31.4 Å². The number of amides is 1. The van der Waals surface area contributed by atoms with Gasteiger partial charge < -0.3 is 11.1 Å². The zero-order valence-corrected chi connectivity index (χ0v) is 13.6. The number of carbonyl (C=O) groups is 1. The highest BCUT2D eigenvalue weighted by Crippen LogP contribution is 2.29. The summed E-state index contributed by atoms with van der Waals surface area (Å²) in [5, 5.41) is 3.06. The Morgan fingerprint density at radius 1 is 1.10 bits per heavy atom. The Morgan fingerprint density at radius 2 is 1.60 bits per heavy atom. The number of halogens is 1. The van der Waals surface area contributed by atoms with Gasteiger partial charge >= 0.3 is 0 Å². The molecule has 0 radical (unpaired) electrons. The number of rotatable bonds is 7. The molecule has 114 valence electrons.